The van der Waals surface area contributed by atoms with Crippen LogP contribution in [0.25, 0.3) is 0 Å². The van der Waals surface area contributed by atoms with Crippen LogP contribution in [0.4, 0.5) is 0 Å². The molecule has 0 radical (unpaired) electrons. The topological polar surface area (TPSA) is 83.6 Å². The molecule has 0 aromatic heterocycles. The molecule has 1 amide bonds. The lowest BCUT2D eigenvalue weighted by molar-refractivity contribution is -0.121. The van der Waals surface area contributed by atoms with E-state index in [1.807, 2.05) is 6.92 Å². The van der Waals surface area contributed by atoms with Crippen LogP contribution in [0, 0.1) is 5.92 Å². The lowest BCUT2D eigenvalue weighted by Crippen LogP contribution is -2.20. The highest BCUT2D eigenvalue weighted by molar-refractivity contribution is 5.76. The minimum atomic E-state index is -1.17. The van der Waals surface area contributed by atoms with Gasteiger partial charge < -0.3 is 15.9 Å². The number of carbonyl (C=O) groups excluding carboxylic acids is 1. The number of primary amides is 1. The Bertz CT molecular complexity index is 171. The second-order valence-corrected chi connectivity index (χ2v) is 4.13. The SMILES string of the molecule is CC(CCCCCCCC(O)O)C(N)=O. The van der Waals surface area contributed by atoms with E-state index in [2.05, 4.69) is 0 Å². The van der Waals surface area contributed by atoms with E-state index in [4.69, 9.17) is 15.9 Å². The number of hydrogen-bond donors (Lipinski definition) is 3. The van der Waals surface area contributed by atoms with Crippen LogP contribution in [0.5, 0.6) is 0 Å². The molecule has 1 atom stereocenters. The fourth-order valence-electron chi connectivity index (χ4n) is 1.45. The number of nitrogens with two attached hydrogens (primary N) is 1. The molecule has 0 aliphatic rings. The van der Waals surface area contributed by atoms with Crippen molar-refractivity contribution in [3.63, 3.8) is 0 Å². The zero-order valence-corrected chi connectivity index (χ0v) is 9.48. The highest BCUT2D eigenvalue weighted by Crippen LogP contribution is 2.11. The second-order valence-electron chi connectivity index (χ2n) is 4.13. The highest BCUT2D eigenvalue weighted by atomic mass is 16.5. The van der Waals surface area contributed by atoms with Gasteiger partial charge in [-0.3, -0.25) is 4.79 Å². The van der Waals surface area contributed by atoms with Crippen LogP contribution >= 0.6 is 0 Å². The molecular formula is C11H23NO3. The van der Waals surface area contributed by atoms with Crippen LogP contribution in [-0.4, -0.2) is 22.4 Å². The molecule has 0 rings (SSSR count). The van der Waals surface area contributed by atoms with E-state index in [0.717, 1.165) is 38.5 Å². The maximum absolute atomic E-state index is 10.7. The average Bonchev–Trinajstić information content (AvgIpc) is 2.15. The molecule has 0 saturated carbocycles. The predicted octanol–water partition coefficient (Wildman–Crippen LogP) is 1.15. The van der Waals surface area contributed by atoms with Gasteiger partial charge >= 0.3 is 0 Å². The summed E-state index contributed by atoms with van der Waals surface area (Å²) in [6, 6.07) is 0. The fraction of sp³-hybridized carbons (Fsp3) is 0.909. The van der Waals surface area contributed by atoms with Crippen molar-refractivity contribution in [2.24, 2.45) is 11.7 Å². The Morgan fingerprint density at radius 2 is 1.53 bits per heavy atom. The van der Waals surface area contributed by atoms with Gasteiger partial charge in [-0.1, -0.05) is 32.6 Å². The van der Waals surface area contributed by atoms with E-state index in [9.17, 15) is 4.79 Å². The first kappa shape index (κ1) is 14.4. The molecule has 0 bridgehead atoms. The van der Waals surface area contributed by atoms with E-state index >= 15 is 0 Å². The van der Waals surface area contributed by atoms with Gasteiger partial charge in [-0.2, -0.15) is 0 Å². The molecule has 0 aliphatic carbocycles. The van der Waals surface area contributed by atoms with E-state index in [0.29, 0.717) is 6.42 Å². The van der Waals surface area contributed by atoms with Gasteiger partial charge in [0.1, 0.15) is 0 Å². The average molecular weight is 217 g/mol. The van der Waals surface area contributed by atoms with Gasteiger partial charge in [0.25, 0.3) is 0 Å². The number of aliphatic hydroxyl groups is 2. The van der Waals surface area contributed by atoms with Gasteiger partial charge in [0, 0.05) is 5.92 Å². The summed E-state index contributed by atoms with van der Waals surface area (Å²) in [5, 5.41) is 17.2. The molecule has 4 heteroatoms. The van der Waals surface area contributed by atoms with Gasteiger partial charge in [0.05, 0.1) is 0 Å². The maximum atomic E-state index is 10.7. The van der Waals surface area contributed by atoms with E-state index in [1.54, 1.807) is 0 Å². The summed E-state index contributed by atoms with van der Waals surface area (Å²) in [5.74, 6) is -0.248. The number of aliphatic hydroxyl groups excluding tert-OH is 1. The first-order chi connectivity index (χ1) is 7.04. The van der Waals surface area contributed by atoms with Crippen molar-refractivity contribution in [1.29, 1.82) is 0 Å². The van der Waals surface area contributed by atoms with Gasteiger partial charge in [-0.05, 0) is 19.3 Å². The molecule has 0 heterocycles. The lowest BCUT2D eigenvalue weighted by atomic mass is 10.0. The standard InChI is InChI=1S/C11H23NO3/c1-9(11(12)15)7-5-3-2-4-6-8-10(13)14/h9-10,13-14H,2-8H2,1H3,(H2,12,15). The molecule has 0 aromatic carbocycles. The Kier molecular flexibility index (Phi) is 8.33. The number of hydrogen-bond acceptors (Lipinski definition) is 3. The zero-order valence-electron chi connectivity index (χ0n) is 9.48. The van der Waals surface area contributed by atoms with E-state index < -0.39 is 6.29 Å². The third-order valence-electron chi connectivity index (χ3n) is 2.59. The molecule has 0 saturated heterocycles. The third kappa shape index (κ3) is 9.69. The Morgan fingerprint density at radius 3 is 2.00 bits per heavy atom. The van der Waals surface area contributed by atoms with Crippen molar-refractivity contribution in [1.82, 2.24) is 0 Å². The van der Waals surface area contributed by atoms with Gasteiger partial charge in [0.15, 0.2) is 6.29 Å². The molecular weight excluding hydrogens is 194 g/mol. The summed E-state index contributed by atoms with van der Waals surface area (Å²) in [5.41, 5.74) is 5.14. The van der Waals surface area contributed by atoms with Crippen molar-refractivity contribution in [2.75, 3.05) is 0 Å². The van der Waals surface area contributed by atoms with Crippen LogP contribution in [-0.2, 0) is 4.79 Å². The summed E-state index contributed by atoms with van der Waals surface area (Å²) in [6.45, 7) is 1.85. The van der Waals surface area contributed by atoms with Crippen LogP contribution in [0.15, 0.2) is 0 Å². The van der Waals surface area contributed by atoms with Crippen LogP contribution < -0.4 is 5.73 Å². The molecule has 1 unspecified atom stereocenters. The predicted molar refractivity (Wildman–Crippen MR) is 58.9 cm³/mol. The summed E-state index contributed by atoms with van der Waals surface area (Å²) < 4.78 is 0. The molecule has 15 heavy (non-hydrogen) atoms. The maximum Gasteiger partial charge on any atom is 0.220 e. The number of unbranched alkanes of at least 4 members (excludes halogenated alkanes) is 4. The molecule has 0 aliphatic heterocycles. The van der Waals surface area contributed by atoms with E-state index in [1.165, 1.54) is 0 Å². The van der Waals surface area contributed by atoms with Crippen LogP contribution in [0.1, 0.15) is 51.9 Å². The lowest BCUT2D eigenvalue weighted by Gasteiger charge is -2.06. The van der Waals surface area contributed by atoms with Crippen LogP contribution in [0.3, 0.4) is 0 Å². The summed E-state index contributed by atoms with van der Waals surface area (Å²) in [6.07, 6.45) is 5.20. The Balaban J connectivity index is 3.15. The second kappa shape index (κ2) is 8.68. The zero-order chi connectivity index (χ0) is 11.7. The quantitative estimate of drug-likeness (QED) is 0.400. The van der Waals surface area contributed by atoms with Crippen LogP contribution in [0.2, 0.25) is 0 Å². The smallest absolute Gasteiger partial charge is 0.220 e. The van der Waals surface area contributed by atoms with Gasteiger partial charge in [-0.15, -0.1) is 0 Å². The highest BCUT2D eigenvalue weighted by Gasteiger charge is 2.07. The van der Waals surface area contributed by atoms with E-state index in [-0.39, 0.29) is 11.8 Å². The first-order valence-corrected chi connectivity index (χ1v) is 5.69. The van der Waals surface area contributed by atoms with Gasteiger partial charge in [-0.25, -0.2) is 0 Å². The van der Waals surface area contributed by atoms with Crippen molar-refractivity contribution in [3.05, 3.63) is 0 Å². The molecule has 4 nitrogen and oxygen atoms in total. The van der Waals surface area contributed by atoms with Crippen molar-refractivity contribution >= 4 is 5.91 Å². The molecule has 4 N–H and O–H groups in total. The molecule has 90 valence electrons. The molecule has 0 fully saturated rings. The summed E-state index contributed by atoms with van der Waals surface area (Å²) in [4.78, 5) is 10.7. The number of amides is 1. The third-order valence-corrected chi connectivity index (χ3v) is 2.59. The minimum Gasteiger partial charge on any atom is -0.369 e. The first-order valence-electron chi connectivity index (χ1n) is 5.69. The van der Waals surface area contributed by atoms with Crippen molar-refractivity contribution < 1.29 is 15.0 Å². The number of rotatable bonds is 9. The monoisotopic (exact) mass is 217 g/mol. The van der Waals surface area contributed by atoms with Crippen molar-refractivity contribution in [2.45, 2.75) is 58.2 Å². The summed E-state index contributed by atoms with van der Waals surface area (Å²) >= 11 is 0. The Hall–Kier alpha value is -0.610. The largest absolute Gasteiger partial charge is 0.369 e. The Labute approximate surface area is 91.5 Å². The fourth-order valence-corrected chi connectivity index (χ4v) is 1.45. The summed E-state index contributed by atoms with van der Waals surface area (Å²) in [7, 11) is 0. The van der Waals surface area contributed by atoms with Crippen molar-refractivity contribution in [3.8, 4) is 0 Å². The normalized spacial score (nSPS) is 13.1. The number of carbonyl (C=O) groups is 1. The Morgan fingerprint density at radius 1 is 1.07 bits per heavy atom. The minimum absolute atomic E-state index is 0.0238. The molecule has 0 spiro atoms. The van der Waals surface area contributed by atoms with Gasteiger partial charge in [0.2, 0.25) is 5.91 Å². The molecule has 0 aromatic rings.